The van der Waals surface area contributed by atoms with Gasteiger partial charge < -0.3 is 14.7 Å². The van der Waals surface area contributed by atoms with Gasteiger partial charge in [-0.2, -0.15) is 0 Å². The molecule has 0 aromatic heterocycles. The van der Waals surface area contributed by atoms with Gasteiger partial charge in [-0.25, -0.2) is 0 Å². The average molecular weight is 263 g/mol. The first-order valence-corrected chi connectivity index (χ1v) is 6.64. The third kappa shape index (κ3) is 3.14. The van der Waals surface area contributed by atoms with Gasteiger partial charge in [0, 0.05) is 13.2 Å². The highest BCUT2D eigenvalue weighted by Gasteiger charge is 2.41. The SMILES string of the molecule is CC1(C)OCC(CCO)N(Cc2ccccc2)C1=O. The molecule has 1 amide bonds. The van der Waals surface area contributed by atoms with E-state index in [1.54, 1.807) is 13.8 Å². The molecule has 4 nitrogen and oxygen atoms in total. The lowest BCUT2D eigenvalue weighted by molar-refractivity contribution is -0.175. The number of hydrogen-bond acceptors (Lipinski definition) is 3. The molecule has 0 spiro atoms. The minimum atomic E-state index is -0.777. The molecular formula is C15H21NO3. The number of carbonyl (C=O) groups is 1. The number of aliphatic hydroxyl groups is 1. The van der Waals surface area contributed by atoms with E-state index in [1.807, 2.05) is 35.2 Å². The smallest absolute Gasteiger partial charge is 0.254 e. The molecule has 19 heavy (non-hydrogen) atoms. The van der Waals surface area contributed by atoms with Gasteiger partial charge in [-0.05, 0) is 25.8 Å². The molecule has 1 aliphatic heterocycles. The quantitative estimate of drug-likeness (QED) is 0.897. The normalized spacial score (nSPS) is 22.6. The van der Waals surface area contributed by atoms with Crippen molar-refractivity contribution in [3.8, 4) is 0 Å². The van der Waals surface area contributed by atoms with Crippen LogP contribution in [0.5, 0.6) is 0 Å². The number of aliphatic hydroxyl groups excluding tert-OH is 1. The summed E-state index contributed by atoms with van der Waals surface area (Å²) >= 11 is 0. The Kier molecular flexibility index (Phi) is 4.22. The Hall–Kier alpha value is -1.39. The fourth-order valence-corrected chi connectivity index (χ4v) is 2.34. The second-order valence-corrected chi connectivity index (χ2v) is 5.41. The van der Waals surface area contributed by atoms with Crippen molar-refractivity contribution in [2.45, 2.75) is 38.5 Å². The number of morpholine rings is 1. The number of hydrogen-bond donors (Lipinski definition) is 1. The van der Waals surface area contributed by atoms with Crippen LogP contribution < -0.4 is 0 Å². The summed E-state index contributed by atoms with van der Waals surface area (Å²) < 4.78 is 5.61. The summed E-state index contributed by atoms with van der Waals surface area (Å²) in [4.78, 5) is 14.3. The highest BCUT2D eigenvalue weighted by molar-refractivity contribution is 5.85. The number of benzene rings is 1. The average Bonchev–Trinajstić information content (AvgIpc) is 2.40. The molecule has 1 aliphatic rings. The van der Waals surface area contributed by atoms with E-state index in [1.165, 1.54) is 0 Å². The second kappa shape index (κ2) is 5.72. The van der Waals surface area contributed by atoms with E-state index in [0.717, 1.165) is 5.56 Å². The second-order valence-electron chi connectivity index (χ2n) is 5.41. The van der Waals surface area contributed by atoms with Crippen LogP contribution in [0.4, 0.5) is 0 Å². The molecule has 1 aromatic carbocycles. The molecule has 4 heteroatoms. The predicted molar refractivity (Wildman–Crippen MR) is 72.5 cm³/mol. The molecule has 2 rings (SSSR count). The summed E-state index contributed by atoms with van der Waals surface area (Å²) in [5.74, 6) is -0.0129. The lowest BCUT2D eigenvalue weighted by atomic mass is 10.0. The van der Waals surface area contributed by atoms with Gasteiger partial charge in [0.05, 0.1) is 12.6 Å². The Morgan fingerprint density at radius 3 is 2.68 bits per heavy atom. The number of carbonyl (C=O) groups excluding carboxylic acids is 1. The van der Waals surface area contributed by atoms with Gasteiger partial charge in [0.15, 0.2) is 0 Å². The van der Waals surface area contributed by atoms with Crippen LogP contribution in [0, 0.1) is 0 Å². The Balaban J connectivity index is 2.18. The van der Waals surface area contributed by atoms with Gasteiger partial charge in [0.2, 0.25) is 0 Å². The molecule has 1 aromatic rings. The molecule has 0 saturated carbocycles. The number of amides is 1. The van der Waals surface area contributed by atoms with Gasteiger partial charge in [0.25, 0.3) is 5.91 Å². The van der Waals surface area contributed by atoms with E-state index < -0.39 is 5.60 Å². The predicted octanol–water partition coefficient (Wildman–Crippen LogP) is 1.57. The van der Waals surface area contributed by atoms with Gasteiger partial charge in [-0.15, -0.1) is 0 Å². The van der Waals surface area contributed by atoms with E-state index in [0.29, 0.717) is 19.6 Å². The fraction of sp³-hybridized carbons (Fsp3) is 0.533. The summed E-state index contributed by atoms with van der Waals surface area (Å²) in [6.07, 6.45) is 0.550. The van der Waals surface area contributed by atoms with Crippen molar-refractivity contribution >= 4 is 5.91 Å². The van der Waals surface area contributed by atoms with Crippen LogP contribution in [-0.2, 0) is 16.1 Å². The van der Waals surface area contributed by atoms with Crippen LogP contribution in [0.2, 0.25) is 0 Å². The molecule has 0 bridgehead atoms. The zero-order valence-electron chi connectivity index (χ0n) is 11.5. The molecule has 0 aliphatic carbocycles. The van der Waals surface area contributed by atoms with Crippen molar-refractivity contribution in [3.63, 3.8) is 0 Å². The summed E-state index contributed by atoms with van der Waals surface area (Å²) in [7, 11) is 0. The molecule has 1 unspecified atom stereocenters. The lowest BCUT2D eigenvalue weighted by Gasteiger charge is -2.43. The van der Waals surface area contributed by atoms with E-state index in [2.05, 4.69) is 0 Å². The van der Waals surface area contributed by atoms with Gasteiger partial charge >= 0.3 is 0 Å². The third-order valence-electron chi connectivity index (χ3n) is 3.51. The van der Waals surface area contributed by atoms with E-state index in [9.17, 15) is 4.79 Å². The van der Waals surface area contributed by atoms with E-state index in [4.69, 9.17) is 9.84 Å². The van der Waals surface area contributed by atoms with Crippen LogP contribution in [0.3, 0.4) is 0 Å². The number of ether oxygens (including phenoxy) is 1. The maximum atomic E-state index is 12.5. The van der Waals surface area contributed by atoms with Crippen LogP contribution in [-0.4, -0.2) is 40.8 Å². The first kappa shape index (κ1) is 14.0. The number of nitrogens with zero attached hydrogens (tertiary/aromatic N) is 1. The summed E-state index contributed by atoms with van der Waals surface area (Å²) in [5, 5.41) is 9.13. The number of rotatable bonds is 4. The van der Waals surface area contributed by atoms with Crippen LogP contribution in [0.15, 0.2) is 30.3 Å². The first-order chi connectivity index (χ1) is 9.04. The minimum absolute atomic E-state index is 0.0129. The highest BCUT2D eigenvalue weighted by atomic mass is 16.5. The zero-order chi connectivity index (χ0) is 13.9. The van der Waals surface area contributed by atoms with E-state index in [-0.39, 0.29) is 18.6 Å². The first-order valence-electron chi connectivity index (χ1n) is 6.64. The summed E-state index contributed by atoms with van der Waals surface area (Å²) in [5.41, 5.74) is 0.317. The van der Waals surface area contributed by atoms with E-state index >= 15 is 0 Å². The fourth-order valence-electron chi connectivity index (χ4n) is 2.34. The molecular weight excluding hydrogens is 242 g/mol. The van der Waals surface area contributed by atoms with Crippen molar-refractivity contribution < 1.29 is 14.6 Å². The minimum Gasteiger partial charge on any atom is -0.396 e. The summed E-state index contributed by atoms with van der Waals surface area (Å²) in [6, 6.07) is 9.85. The molecule has 0 radical (unpaired) electrons. The molecule has 1 fully saturated rings. The zero-order valence-corrected chi connectivity index (χ0v) is 11.5. The van der Waals surface area contributed by atoms with Crippen LogP contribution in [0.25, 0.3) is 0 Å². The lowest BCUT2D eigenvalue weighted by Crippen LogP contribution is -2.58. The van der Waals surface area contributed by atoms with Crippen molar-refractivity contribution in [2.24, 2.45) is 0 Å². The van der Waals surface area contributed by atoms with Gasteiger partial charge in [-0.1, -0.05) is 30.3 Å². The van der Waals surface area contributed by atoms with Crippen LogP contribution in [0.1, 0.15) is 25.8 Å². The van der Waals surface area contributed by atoms with Gasteiger partial charge in [-0.3, -0.25) is 4.79 Å². The standard InChI is InChI=1S/C15H21NO3/c1-15(2)14(18)16(13(8-9-17)11-19-15)10-12-6-4-3-5-7-12/h3-7,13,17H,8-11H2,1-2H3. The Labute approximate surface area is 114 Å². The van der Waals surface area contributed by atoms with Crippen molar-refractivity contribution in [1.82, 2.24) is 4.90 Å². The topological polar surface area (TPSA) is 49.8 Å². The third-order valence-corrected chi connectivity index (χ3v) is 3.51. The Morgan fingerprint density at radius 1 is 1.37 bits per heavy atom. The Bertz CT molecular complexity index is 430. The van der Waals surface area contributed by atoms with Crippen molar-refractivity contribution in [3.05, 3.63) is 35.9 Å². The highest BCUT2D eigenvalue weighted by Crippen LogP contribution is 2.25. The monoisotopic (exact) mass is 263 g/mol. The Morgan fingerprint density at radius 2 is 2.05 bits per heavy atom. The maximum Gasteiger partial charge on any atom is 0.254 e. The molecule has 104 valence electrons. The molecule has 1 N–H and O–H groups in total. The van der Waals surface area contributed by atoms with Crippen LogP contribution >= 0.6 is 0 Å². The van der Waals surface area contributed by atoms with Gasteiger partial charge in [0.1, 0.15) is 5.60 Å². The van der Waals surface area contributed by atoms with Crippen molar-refractivity contribution in [2.75, 3.05) is 13.2 Å². The molecule has 1 saturated heterocycles. The van der Waals surface area contributed by atoms with Crippen molar-refractivity contribution in [1.29, 1.82) is 0 Å². The summed E-state index contributed by atoms with van der Waals surface area (Å²) in [6.45, 7) is 4.70. The molecule has 1 heterocycles. The largest absolute Gasteiger partial charge is 0.396 e. The molecule has 1 atom stereocenters. The maximum absolute atomic E-state index is 12.5.